The average Bonchev–Trinajstić information content (AvgIpc) is 2.35. The fraction of sp³-hybridized carbons (Fsp3) is 0.0667. The third-order valence-electron chi connectivity index (χ3n) is 3.12. The van der Waals surface area contributed by atoms with Crippen molar-refractivity contribution in [3.63, 3.8) is 0 Å². The van der Waals surface area contributed by atoms with Gasteiger partial charge in [0.05, 0.1) is 0 Å². The predicted molar refractivity (Wildman–Crippen MR) is 84.2 cm³/mol. The summed E-state index contributed by atoms with van der Waals surface area (Å²) < 4.78 is 0. The van der Waals surface area contributed by atoms with E-state index in [1.807, 2.05) is 0 Å². The Kier molecular flexibility index (Phi) is 2.87. The molecule has 0 aliphatic carbocycles. The SMILES string of the molecule is PCc1ccc2cc3cc(P)ccc3cc2c1. The molecular formula is C15H14P2. The van der Waals surface area contributed by atoms with Gasteiger partial charge in [-0.1, -0.05) is 30.3 Å². The van der Waals surface area contributed by atoms with E-state index in [0.29, 0.717) is 0 Å². The highest BCUT2D eigenvalue weighted by molar-refractivity contribution is 7.27. The molecule has 0 spiro atoms. The Labute approximate surface area is 106 Å². The summed E-state index contributed by atoms with van der Waals surface area (Å²) in [7, 11) is 5.53. The molecule has 0 saturated carbocycles. The quantitative estimate of drug-likeness (QED) is 0.458. The zero-order valence-electron chi connectivity index (χ0n) is 9.48. The summed E-state index contributed by atoms with van der Waals surface area (Å²) in [5.74, 6) is 0. The Morgan fingerprint density at radius 1 is 0.706 bits per heavy atom. The van der Waals surface area contributed by atoms with Gasteiger partial charge < -0.3 is 0 Å². The Hall–Kier alpha value is -0.960. The molecule has 3 aromatic carbocycles. The van der Waals surface area contributed by atoms with Gasteiger partial charge >= 0.3 is 0 Å². The van der Waals surface area contributed by atoms with Crippen LogP contribution in [-0.4, -0.2) is 0 Å². The first-order chi connectivity index (χ1) is 8.26. The average molecular weight is 256 g/mol. The van der Waals surface area contributed by atoms with E-state index in [0.717, 1.165) is 6.16 Å². The molecule has 0 saturated heterocycles. The van der Waals surface area contributed by atoms with Crippen molar-refractivity contribution < 1.29 is 0 Å². The smallest absolute Gasteiger partial charge is 0.0128 e. The summed E-state index contributed by atoms with van der Waals surface area (Å²) in [6.45, 7) is 0. The van der Waals surface area contributed by atoms with Crippen molar-refractivity contribution in [2.45, 2.75) is 6.16 Å². The van der Waals surface area contributed by atoms with E-state index in [9.17, 15) is 0 Å². The van der Waals surface area contributed by atoms with Gasteiger partial charge in [0.25, 0.3) is 0 Å². The van der Waals surface area contributed by atoms with Crippen molar-refractivity contribution >= 4 is 45.3 Å². The molecule has 0 radical (unpaired) electrons. The van der Waals surface area contributed by atoms with E-state index in [-0.39, 0.29) is 0 Å². The van der Waals surface area contributed by atoms with Gasteiger partial charge in [-0.05, 0) is 56.8 Å². The lowest BCUT2D eigenvalue weighted by molar-refractivity contribution is 1.45. The number of hydrogen-bond acceptors (Lipinski definition) is 0. The van der Waals surface area contributed by atoms with Crippen LogP contribution in [0.3, 0.4) is 0 Å². The Morgan fingerprint density at radius 2 is 1.35 bits per heavy atom. The van der Waals surface area contributed by atoms with E-state index in [1.165, 1.54) is 32.4 Å². The maximum Gasteiger partial charge on any atom is -0.0128 e. The molecular weight excluding hydrogens is 242 g/mol. The van der Waals surface area contributed by atoms with E-state index >= 15 is 0 Å². The molecule has 3 aromatic rings. The minimum atomic E-state index is 1.01. The minimum Gasteiger partial charge on any atom is -0.133 e. The molecule has 84 valence electrons. The normalized spacial score (nSPS) is 11.2. The lowest BCUT2D eigenvalue weighted by Gasteiger charge is -2.05. The lowest BCUT2D eigenvalue weighted by Crippen LogP contribution is -1.88. The molecule has 0 aliphatic heterocycles. The maximum atomic E-state index is 2.78. The van der Waals surface area contributed by atoms with Crippen LogP contribution >= 0.6 is 18.5 Å². The molecule has 3 rings (SSSR count). The first-order valence-electron chi connectivity index (χ1n) is 5.68. The van der Waals surface area contributed by atoms with Crippen LogP contribution in [0.1, 0.15) is 5.56 Å². The first-order valence-corrected chi connectivity index (χ1v) is 7.08. The predicted octanol–water partition coefficient (Wildman–Crippen LogP) is 3.87. The first kappa shape index (κ1) is 11.1. The topological polar surface area (TPSA) is 0 Å². The van der Waals surface area contributed by atoms with Crippen molar-refractivity contribution in [1.29, 1.82) is 0 Å². The monoisotopic (exact) mass is 256 g/mol. The third kappa shape index (κ3) is 2.08. The largest absolute Gasteiger partial charge is 0.133 e. The van der Waals surface area contributed by atoms with Crippen LogP contribution in [0.2, 0.25) is 0 Å². The molecule has 17 heavy (non-hydrogen) atoms. The Balaban J connectivity index is 2.35. The van der Waals surface area contributed by atoms with Crippen molar-refractivity contribution in [2.75, 3.05) is 0 Å². The molecule has 0 bridgehead atoms. The molecule has 2 unspecified atom stereocenters. The van der Waals surface area contributed by atoms with E-state index in [2.05, 4.69) is 67.0 Å². The second kappa shape index (κ2) is 4.37. The maximum absolute atomic E-state index is 2.78. The summed E-state index contributed by atoms with van der Waals surface area (Å²) in [6, 6.07) is 17.8. The van der Waals surface area contributed by atoms with Crippen LogP contribution < -0.4 is 5.30 Å². The number of rotatable bonds is 1. The summed E-state index contributed by atoms with van der Waals surface area (Å²) in [5, 5.41) is 6.50. The van der Waals surface area contributed by atoms with Crippen LogP contribution in [0.25, 0.3) is 21.5 Å². The molecule has 0 aromatic heterocycles. The van der Waals surface area contributed by atoms with E-state index in [1.54, 1.807) is 0 Å². The second-order valence-corrected chi connectivity index (χ2v) is 5.42. The summed E-state index contributed by atoms with van der Waals surface area (Å²) in [4.78, 5) is 0. The standard InChI is InChI=1S/C15H14P2/c16-9-10-1-2-11-7-14-8-15(17)4-3-12(14)6-13(11)5-10/h1-8H,9,16-17H2. The zero-order chi connectivity index (χ0) is 11.8. The Bertz CT molecular complexity index is 702. The number of hydrogen-bond donors (Lipinski definition) is 0. The molecule has 0 fully saturated rings. The van der Waals surface area contributed by atoms with Gasteiger partial charge in [0.2, 0.25) is 0 Å². The zero-order valence-corrected chi connectivity index (χ0v) is 11.8. The van der Waals surface area contributed by atoms with Gasteiger partial charge in [0.1, 0.15) is 0 Å². The molecule has 0 heterocycles. The van der Waals surface area contributed by atoms with Crippen LogP contribution in [0, 0.1) is 0 Å². The third-order valence-corrected chi connectivity index (χ3v) is 3.95. The van der Waals surface area contributed by atoms with Crippen molar-refractivity contribution in [3.8, 4) is 0 Å². The summed E-state index contributed by atoms with van der Waals surface area (Å²) >= 11 is 0. The lowest BCUT2D eigenvalue weighted by atomic mass is 10.0. The fourth-order valence-corrected chi connectivity index (χ4v) is 2.72. The van der Waals surface area contributed by atoms with Crippen LogP contribution in [0.5, 0.6) is 0 Å². The number of fused-ring (bicyclic) bond motifs is 2. The van der Waals surface area contributed by atoms with Gasteiger partial charge in [0, 0.05) is 0 Å². The van der Waals surface area contributed by atoms with Crippen LogP contribution in [-0.2, 0) is 6.16 Å². The molecule has 0 N–H and O–H groups in total. The number of benzene rings is 3. The van der Waals surface area contributed by atoms with Gasteiger partial charge in [-0.15, -0.1) is 18.5 Å². The van der Waals surface area contributed by atoms with E-state index < -0.39 is 0 Å². The van der Waals surface area contributed by atoms with Gasteiger partial charge in [-0.25, -0.2) is 0 Å². The highest BCUT2D eigenvalue weighted by Crippen LogP contribution is 2.24. The summed E-state index contributed by atoms with van der Waals surface area (Å²) in [5.41, 5.74) is 1.37. The van der Waals surface area contributed by atoms with Gasteiger partial charge in [0.15, 0.2) is 0 Å². The molecule has 2 atom stereocenters. The fourth-order valence-electron chi connectivity index (χ4n) is 2.19. The van der Waals surface area contributed by atoms with Crippen LogP contribution in [0.4, 0.5) is 0 Å². The molecule has 0 amide bonds. The van der Waals surface area contributed by atoms with Gasteiger partial charge in [-0.3, -0.25) is 0 Å². The van der Waals surface area contributed by atoms with Crippen molar-refractivity contribution in [2.24, 2.45) is 0 Å². The van der Waals surface area contributed by atoms with Gasteiger partial charge in [-0.2, -0.15) is 0 Å². The Morgan fingerprint density at radius 3 is 2.06 bits per heavy atom. The van der Waals surface area contributed by atoms with E-state index in [4.69, 9.17) is 0 Å². The second-order valence-electron chi connectivity index (χ2n) is 4.34. The highest BCUT2D eigenvalue weighted by atomic mass is 31.0. The van der Waals surface area contributed by atoms with Crippen molar-refractivity contribution in [1.82, 2.24) is 0 Å². The summed E-state index contributed by atoms with van der Waals surface area (Å²) in [6.07, 6.45) is 1.01. The van der Waals surface area contributed by atoms with Crippen molar-refractivity contribution in [3.05, 3.63) is 54.1 Å². The highest BCUT2D eigenvalue weighted by Gasteiger charge is 1.99. The van der Waals surface area contributed by atoms with Crippen LogP contribution in [0.15, 0.2) is 48.5 Å². The molecule has 0 aliphatic rings. The molecule has 0 nitrogen and oxygen atoms in total. The molecule has 2 heteroatoms. The minimum absolute atomic E-state index is 1.01.